The summed E-state index contributed by atoms with van der Waals surface area (Å²) in [5.41, 5.74) is -0.173. The molecule has 0 aliphatic rings. The highest BCUT2D eigenvalue weighted by atomic mass is 19.1. The quantitative estimate of drug-likeness (QED) is 0.905. The zero-order valence-corrected chi connectivity index (χ0v) is 10.8. The number of nitrogens with one attached hydrogen (secondary N) is 1. The van der Waals surface area contributed by atoms with Gasteiger partial charge in [-0.05, 0) is 24.3 Å². The first-order valence-electron chi connectivity index (χ1n) is 6.01. The van der Waals surface area contributed by atoms with Crippen molar-refractivity contribution in [2.75, 3.05) is 11.9 Å². The van der Waals surface area contributed by atoms with E-state index in [0.29, 0.717) is 0 Å². The molecule has 2 aromatic rings. The number of para-hydroxylation sites is 2. The highest BCUT2D eigenvalue weighted by molar-refractivity contribution is 6.07. The maximum Gasteiger partial charge on any atom is 0.262 e. The first-order chi connectivity index (χ1) is 10.1. The Balaban J connectivity index is 2.26. The summed E-state index contributed by atoms with van der Waals surface area (Å²) >= 11 is 0. The van der Waals surface area contributed by atoms with Crippen LogP contribution in [0.3, 0.4) is 0 Å². The number of ether oxygens (including phenoxy) is 1. The predicted octanol–water partition coefficient (Wildman–Crippen LogP) is 2.69. The lowest BCUT2D eigenvalue weighted by atomic mass is 10.1. The summed E-state index contributed by atoms with van der Waals surface area (Å²) in [5, 5.41) is 20.5. The van der Waals surface area contributed by atoms with Gasteiger partial charge >= 0.3 is 0 Å². The first-order valence-corrected chi connectivity index (χ1v) is 6.01. The van der Waals surface area contributed by atoms with Gasteiger partial charge in [-0.1, -0.05) is 18.2 Å². The van der Waals surface area contributed by atoms with E-state index in [0.717, 1.165) is 6.07 Å². The molecule has 0 bridgehead atoms. The van der Waals surface area contributed by atoms with Gasteiger partial charge in [-0.2, -0.15) is 5.26 Å². The van der Waals surface area contributed by atoms with E-state index in [1.807, 2.05) is 6.07 Å². The molecule has 6 heteroatoms. The van der Waals surface area contributed by atoms with Crippen LogP contribution in [-0.4, -0.2) is 17.6 Å². The maximum atomic E-state index is 13.6. The molecule has 5 nitrogen and oxygen atoms in total. The van der Waals surface area contributed by atoms with Gasteiger partial charge in [-0.15, -0.1) is 0 Å². The van der Waals surface area contributed by atoms with Crippen molar-refractivity contribution in [1.82, 2.24) is 0 Å². The SMILES string of the molecule is N#CCOc1ccccc1NC(=O)c1c(O)cccc1F. The third-order valence-corrected chi connectivity index (χ3v) is 2.65. The molecule has 0 spiro atoms. The van der Waals surface area contributed by atoms with Gasteiger partial charge in [0.15, 0.2) is 6.61 Å². The molecule has 0 fully saturated rings. The van der Waals surface area contributed by atoms with E-state index in [2.05, 4.69) is 5.32 Å². The number of phenolic OH excluding ortho intramolecular Hbond substituents is 1. The van der Waals surface area contributed by atoms with Crippen molar-refractivity contribution in [2.45, 2.75) is 0 Å². The summed E-state index contributed by atoms with van der Waals surface area (Å²) < 4.78 is 18.8. The minimum Gasteiger partial charge on any atom is -0.507 e. The van der Waals surface area contributed by atoms with Crippen molar-refractivity contribution < 1.29 is 19.0 Å². The Labute approximate surface area is 120 Å². The van der Waals surface area contributed by atoms with Gasteiger partial charge in [-0.25, -0.2) is 4.39 Å². The number of anilines is 1. The van der Waals surface area contributed by atoms with Gasteiger partial charge in [0.05, 0.1) is 5.69 Å². The summed E-state index contributed by atoms with van der Waals surface area (Å²) in [6, 6.07) is 11.8. The highest BCUT2D eigenvalue weighted by Gasteiger charge is 2.17. The van der Waals surface area contributed by atoms with Gasteiger partial charge in [0.1, 0.15) is 28.9 Å². The highest BCUT2D eigenvalue weighted by Crippen LogP contribution is 2.26. The molecule has 21 heavy (non-hydrogen) atoms. The van der Waals surface area contributed by atoms with E-state index in [1.54, 1.807) is 24.3 Å². The van der Waals surface area contributed by atoms with E-state index in [-0.39, 0.29) is 18.0 Å². The van der Waals surface area contributed by atoms with E-state index >= 15 is 0 Å². The van der Waals surface area contributed by atoms with E-state index in [9.17, 15) is 14.3 Å². The van der Waals surface area contributed by atoms with Crippen LogP contribution in [0.5, 0.6) is 11.5 Å². The van der Waals surface area contributed by atoms with Gasteiger partial charge in [-0.3, -0.25) is 4.79 Å². The van der Waals surface area contributed by atoms with Crippen LogP contribution in [0.2, 0.25) is 0 Å². The lowest BCUT2D eigenvalue weighted by Crippen LogP contribution is -2.15. The zero-order valence-electron chi connectivity index (χ0n) is 10.8. The van der Waals surface area contributed by atoms with Crippen LogP contribution < -0.4 is 10.1 Å². The number of carbonyl (C=O) groups is 1. The van der Waals surface area contributed by atoms with E-state index in [1.165, 1.54) is 12.1 Å². The Kier molecular flexibility index (Phi) is 4.36. The minimum absolute atomic E-state index is 0.183. The third-order valence-electron chi connectivity index (χ3n) is 2.65. The smallest absolute Gasteiger partial charge is 0.262 e. The van der Waals surface area contributed by atoms with Crippen LogP contribution in [0.1, 0.15) is 10.4 Å². The molecule has 1 amide bonds. The predicted molar refractivity (Wildman–Crippen MR) is 73.6 cm³/mol. The summed E-state index contributed by atoms with van der Waals surface area (Å²) in [6.07, 6.45) is 0. The van der Waals surface area contributed by atoms with E-state index in [4.69, 9.17) is 10.00 Å². The zero-order chi connectivity index (χ0) is 15.2. The number of nitrogens with zero attached hydrogens (tertiary/aromatic N) is 1. The summed E-state index contributed by atoms with van der Waals surface area (Å²) in [5.74, 6) is -1.81. The molecule has 0 heterocycles. The van der Waals surface area contributed by atoms with Gasteiger partial charge in [0, 0.05) is 0 Å². The molecular weight excluding hydrogens is 275 g/mol. The van der Waals surface area contributed by atoms with Gasteiger partial charge in [0.2, 0.25) is 0 Å². The Morgan fingerprint density at radius 1 is 1.29 bits per heavy atom. The Hall–Kier alpha value is -3.07. The number of halogens is 1. The monoisotopic (exact) mass is 286 g/mol. The maximum absolute atomic E-state index is 13.6. The molecule has 0 aliphatic carbocycles. The number of rotatable bonds is 4. The van der Waals surface area contributed by atoms with Crippen LogP contribution in [0, 0.1) is 17.1 Å². The van der Waals surface area contributed by atoms with Crippen molar-refractivity contribution >= 4 is 11.6 Å². The van der Waals surface area contributed by atoms with Crippen LogP contribution in [0.4, 0.5) is 10.1 Å². The molecule has 0 saturated heterocycles. The second-order valence-electron chi connectivity index (χ2n) is 4.03. The summed E-state index contributed by atoms with van der Waals surface area (Å²) in [7, 11) is 0. The first kappa shape index (κ1) is 14.3. The third kappa shape index (κ3) is 3.28. The lowest BCUT2D eigenvalue weighted by Gasteiger charge is -2.11. The molecule has 2 N–H and O–H groups in total. The Morgan fingerprint density at radius 2 is 2.05 bits per heavy atom. The molecule has 2 rings (SSSR count). The number of hydrogen-bond acceptors (Lipinski definition) is 4. The molecule has 0 aliphatic heterocycles. The summed E-state index contributed by atoms with van der Waals surface area (Å²) in [6.45, 7) is -0.183. The molecule has 0 atom stereocenters. The Bertz CT molecular complexity index is 690. The van der Waals surface area contributed by atoms with E-state index < -0.39 is 23.0 Å². The van der Waals surface area contributed by atoms with Crippen LogP contribution >= 0.6 is 0 Å². The number of phenols is 1. The second-order valence-corrected chi connectivity index (χ2v) is 4.03. The van der Waals surface area contributed by atoms with Crippen molar-refractivity contribution in [3.63, 3.8) is 0 Å². The number of aromatic hydroxyl groups is 1. The van der Waals surface area contributed by atoms with Gasteiger partial charge < -0.3 is 15.2 Å². The molecule has 0 radical (unpaired) electrons. The van der Waals surface area contributed by atoms with Crippen molar-refractivity contribution in [2.24, 2.45) is 0 Å². The molecular formula is C15H11FN2O3. The fourth-order valence-corrected chi connectivity index (χ4v) is 1.73. The standard InChI is InChI=1S/C15H11FN2O3/c16-10-4-3-6-12(19)14(10)15(20)18-11-5-1-2-7-13(11)21-9-8-17/h1-7,19H,9H2,(H,18,20). The van der Waals surface area contributed by atoms with Crippen LogP contribution in [0.25, 0.3) is 0 Å². The van der Waals surface area contributed by atoms with Crippen LogP contribution in [-0.2, 0) is 0 Å². The minimum atomic E-state index is -0.831. The van der Waals surface area contributed by atoms with Crippen molar-refractivity contribution in [1.29, 1.82) is 5.26 Å². The fraction of sp³-hybridized carbons (Fsp3) is 0.0667. The average molecular weight is 286 g/mol. The molecule has 0 saturated carbocycles. The van der Waals surface area contributed by atoms with Crippen molar-refractivity contribution in [3.8, 4) is 17.6 Å². The normalized spacial score (nSPS) is 9.71. The summed E-state index contributed by atoms with van der Waals surface area (Å²) in [4.78, 5) is 12.1. The van der Waals surface area contributed by atoms with Crippen LogP contribution in [0.15, 0.2) is 42.5 Å². The molecule has 0 aromatic heterocycles. The number of hydrogen-bond donors (Lipinski definition) is 2. The Morgan fingerprint density at radius 3 is 2.76 bits per heavy atom. The molecule has 106 valence electrons. The number of carbonyl (C=O) groups excluding carboxylic acids is 1. The lowest BCUT2D eigenvalue weighted by molar-refractivity contribution is 0.102. The number of benzene rings is 2. The van der Waals surface area contributed by atoms with Crippen molar-refractivity contribution in [3.05, 3.63) is 53.8 Å². The largest absolute Gasteiger partial charge is 0.507 e. The average Bonchev–Trinajstić information content (AvgIpc) is 2.46. The molecule has 2 aromatic carbocycles. The fourth-order valence-electron chi connectivity index (χ4n) is 1.73. The number of amides is 1. The number of nitriles is 1. The molecule has 0 unspecified atom stereocenters. The van der Waals surface area contributed by atoms with Gasteiger partial charge in [0.25, 0.3) is 5.91 Å². The second kappa shape index (κ2) is 6.39. The topological polar surface area (TPSA) is 82.3 Å².